The van der Waals surface area contributed by atoms with E-state index < -0.39 is 12.1 Å². The van der Waals surface area contributed by atoms with Crippen LogP contribution >= 0.6 is 0 Å². The number of carbonyl (C=O) groups is 1. The number of carbonyl (C=O) groups excluding carboxylic acids is 1. The Labute approximate surface area is 123 Å². The molecule has 1 N–H and O–H groups in total. The SMILES string of the molecule is CCOC(=O)C(O)c1ccc(-c2ccccc2OC)cc1. The Morgan fingerprint density at radius 2 is 1.81 bits per heavy atom. The lowest BCUT2D eigenvalue weighted by molar-refractivity contribution is -0.153. The Balaban J connectivity index is 2.25. The highest BCUT2D eigenvalue weighted by molar-refractivity contribution is 5.77. The minimum absolute atomic E-state index is 0.245. The molecule has 0 aliphatic heterocycles. The van der Waals surface area contributed by atoms with Gasteiger partial charge in [-0.3, -0.25) is 0 Å². The van der Waals surface area contributed by atoms with Crippen LogP contribution in [-0.2, 0) is 9.53 Å². The topological polar surface area (TPSA) is 55.8 Å². The summed E-state index contributed by atoms with van der Waals surface area (Å²) in [5.74, 6) is 0.138. The van der Waals surface area contributed by atoms with Gasteiger partial charge in [0.05, 0.1) is 13.7 Å². The molecule has 2 rings (SSSR count). The van der Waals surface area contributed by atoms with Crippen molar-refractivity contribution in [2.75, 3.05) is 13.7 Å². The van der Waals surface area contributed by atoms with Crippen LogP contribution in [0.1, 0.15) is 18.6 Å². The van der Waals surface area contributed by atoms with Crippen LogP contribution in [-0.4, -0.2) is 24.8 Å². The van der Waals surface area contributed by atoms with E-state index in [1.165, 1.54) is 0 Å². The number of hydrogen-bond acceptors (Lipinski definition) is 4. The third kappa shape index (κ3) is 3.41. The summed E-state index contributed by atoms with van der Waals surface area (Å²) < 4.78 is 10.1. The van der Waals surface area contributed by atoms with Crippen LogP contribution in [0.5, 0.6) is 5.75 Å². The molecule has 2 aromatic carbocycles. The largest absolute Gasteiger partial charge is 0.496 e. The van der Waals surface area contributed by atoms with Gasteiger partial charge in [-0.15, -0.1) is 0 Å². The summed E-state index contributed by atoms with van der Waals surface area (Å²) in [6, 6.07) is 14.8. The highest BCUT2D eigenvalue weighted by Crippen LogP contribution is 2.30. The average molecular weight is 286 g/mol. The summed E-state index contributed by atoms with van der Waals surface area (Å²) >= 11 is 0. The average Bonchev–Trinajstić information content (AvgIpc) is 2.54. The fourth-order valence-electron chi connectivity index (χ4n) is 2.09. The first-order valence-electron chi connectivity index (χ1n) is 6.75. The minimum Gasteiger partial charge on any atom is -0.496 e. The highest BCUT2D eigenvalue weighted by atomic mass is 16.5. The molecule has 0 spiro atoms. The van der Waals surface area contributed by atoms with Crippen molar-refractivity contribution in [2.24, 2.45) is 0 Å². The van der Waals surface area contributed by atoms with Gasteiger partial charge < -0.3 is 14.6 Å². The molecule has 21 heavy (non-hydrogen) atoms. The summed E-state index contributed by atoms with van der Waals surface area (Å²) in [5.41, 5.74) is 2.41. The standard InChI is InChI=1S/C17H18O4/c1-3-21-17(19)16(18)13-10-8-12(9-11-13)14-6-4-5-7-15(14)20-2/h4-11,16,18H,3H2,1-2H3. The van der Waals surface area contributed by atoms with Gasteiger partial charge in [-0.2, -0.15) is 0 Å². The zero-order valence-electron chi connectivity index (χ0n) is 12.1. The third-order valence-electron chi connectivity index (χ3n) is 3.15. The number of hydrogen-bond donors (Lipinski definition) is 1. The molecule has 1 atom stereocenters. The normalized spacial score (nSPS) is 11.8. The van der Waals surface area contributed by atoms with Gasteiger partial charge in [0.25, 0.3) is 0 Å². The summed E-state index contributed by atoms with van der Waals surface area (Å²) in [5, 5.41) is 9.88. The van der Waals surface area contributed by atoms with Crippen LogP contribution in [0, 0.1) is 0 Å². The molecule has 2 aromatic rings. The number of benzene rings is 2. The molecular formula is C17H18O4. The van der Waals surface area contributed by atoms with Crippen LogP contribution in [0.3, 0.4) is 0 Å². The van der Waals surface area contributed by atoms with Gasteiger partial charge >= 0.3 is 5.97 Å². The van der Waals surface area contributed by atoms with E-state index in [0.717, 1.165) is 16.9 Å². The molecular weight excluding hydrogens is 268 g/mol. The second-order valence-electron chi connectivity index (χ2n) is 4.48. The first-order chi connectivity index (χ1) is 10.2. The zero-order valence-corrected chi connectivity index (χ0v) is 12.1. The van der Waals surface area contributed by atoms with Crippen LogP contribution < -0.4 is 4.74 Å². The summed E-state index contributed by atoms with van der Waals surface area (Å²) in [6.07, 6.45) is -1.25. The van der Waals surface area contributed by atoms with Crippen molar-refractivity contribution >= 4 is 5.97 Å². The zero-order chi connectivity index (χ0) is 15.2. The molecule has 0 saturated heterocycles. The lowest BCUT2D eigenvalue weighted by Gasteiger charge is -2.12. The maximum Gasteiger partial charge on any atom is 0.339 e. The number of esters is 1. The lowest BCUT2D eigenvalue weighted by Crippen LogP contribution is -2.15. The van der Waals surface area contributed by atoms with E-state index in [9.17, 15) is 9.90 Å². The molecule has 4 heteroatoms. The van der Waals surface area contributed by atoms with E-state index in [2.05, 4.69) is 0 Å². The Hall–Kier alpha value is -2.33. The molecule has 0 saturated carbocycles. The Morgan fingerprint density at radius 1 is 1.14 bits per heavy atom. The maximum atomic E-state index is 11.5. The van der Waals surface area contributed by atoms with Crippen molar-refractivity contribution in [2.45, 2.75) is 13.0 Å². The molecule has 1 unspecified atom stereocenters. The highest BCUT2D eigenvalue weighted by Gasteiger charge is 2.18. The van der Waals surface area contributed by atoms with Crippen molar-refractivity contribution in [3.8, 4) is 16.9 Å². The van der Waals surface area contributed by atoms with Gasteiger partial charge in [0.2, 0.25) is 0 Å². The van der Waals surface area contributed by atoms with Gasteiger partial charge in [0.15, 0.2) is 6.10 Å². The molecule has 0 aliphatic rings. The van der Waals surface area contributed by atoms with Crippen molar-refractivity contribution in [1.82, 2.24) is 0 Å². The number of rotatable bonds is 5. The van der Waals surface area contributed by atoms with Gasteiger partial charge in [-0.25, -0.2) is 4.79 Å². The minimum atomic E-state index is -1.25. The second-order valence-corrected chi connectivity index (χ2v) is 4.48. The van der Waals surface area contributed by atoms with Gasteiger partial charge in [0, 0.05) is 5.56 Å². The first-order valence-corrected chi connectivity index (χ1v) is 6.75. The molecule has 0 bridgehead atoms. The number of aliphatic hydroxyl groups is 1. The van der Waals surface area contributed by atoms with E-state index in [4.69, 9.17) is 9.47 Å². The fraction of sp³-hybridized carbons (Fsp3) is 0.235. The Kier molecular flexibility index (Phi) is 4.95. The molecule has 0 radical (unpaired) electrons. The monoisotopic (exact) mass is 286 g/mol. The third-order valence-corrected chi connectivity index (χ3v) is 3.15. The van der Waals surface area contributed by atoms with Crippen LogP contribution in [0.4, 0.5) is 0 Å². The summed E-state index contributed by atoms with van der Waals surface area (Å²) in [4.78, 5) is 11.5. The molecule has 0 fully saturated rings. The number of methoxy groups -OCH3 is 1. The van der Waals surface area contributed by atoms with Gasteiger partial charge in [-0.05, 0) is 24.1 Å². The van der Waals surface area contributed by atoms with E-state index in [-0.39, 0.29) is 6.61 Å². The molecule has 0 aromatic heterocycles. The van der Waals surface area contributed by atoms with E-state index >= 15 is 0 Å². The number of ether oxygens (including phenoxy) is 2. The maximum absolute atomic E-state index is 11.5. The quantitative estimate of drug-likeness (QED) is 0.859. The molecule has 110 valence electrons. The van der Waals surface area contributed by atoms with Crippen molar-refractivity contribution in [1.29, 1.82) is 0 Å². The van der Waals surface area contributed by atoms with Gasteiger partial charge in [0.1, 0.15) is 5.75 Å². The smallest absolute Gasteiger partial charge is 0.339 e. The van der Waals surface area contributed by atoms with Crippen LogP contribution in [0.15, 0.2) is 48.5 Å². The van der Waals surface area contributed by atoms with Crippen LogP contribution in [0.25, 0.3) is 11.1 Å². The summed E-state index contributed by atoms with van der Waals surface area (Å²) in [7, 11) is 1.62. The van der Waals surface area contributed by atoms with E-state index in [1.54, 1.807) is 26.2 Å². The Bertz CT molecular complexity index is 604. The predicted octanol–water partition coefficient (Wildman–Crippen LogP) is 2.96. The molecule has 0 heterocycles. The molecule has 0 amide bonds. The van der Waals surface area contributed by atoms with E-state index in [0.29, 0.717) is 5.56 Å². The summed E-state index contributed by atoms with van der Waals surface area (Å²) in [6.45, 7) is 1.95. The van der Waals surface area contributed by atoms with Crippen LogP contribution in [0.2, 0.25) is 0 Å². The van der Waals surface area contributed by atoms with E-state index in [1.807, 2.05) is 36.4 Å². The number of para-hydroxylation sites is 1. The first kappa shape index (κ1) is 15.1. The second kappa shape index (κ2) is 6.90. The van der Waals surface area contributed by atoms with Crippen molar-refractivity contribution < 1.29 is 19.4 Å². The van der Waals surface area contributed by atoms with Crippen molar-refractivity contribution in [3.63, 3.8) is 0 Å². The lowest BCUT2D eigenvalue weighted by atomic mass is 10.0. The molecule has 4 nitrogen and oxygen atoms in total. The fourth-order valence-corrected chi connectivity index (χ4v) is 2.09. The van der Waals surface area contributed by atoms with Gasteiger partial charge in [-0.1, -0.05) is 42.5 Å². The number of aliphatic hydroxyl groups excluding tert-OH is 1. The van der Waals surface area contributed by atoms with Crippen molar-refractivity contribution in [3.05, 3.63) is 54.1 Å². The Morgan fingerprint density at radius 3 is 2.43 bits per heavy atom. The molecule has 0 aliphatic carbocycles. The predicted molar refractivity (Wildman–Crippen MR) is 80.0 cm³/mol.